The highest BCUT2D eigenvalue weighted by Crippen LogP contribution is 2.22. The van der Waals surface area contributed by atoms with Gasteiger partial charge in [0.05, 0.1) is 0 Å². The van der Waals surface area contributed by atoms with Crippen LogP contribution in [0.1, 0.15) is 47.0 Å². The van der Waals surface area contributed by atoms with E-state index in [1.807, 2.05) is 0 Å². The van der Waals surface area contributed by atoms with Gasteiger partial charge in [-0.1, -0.05) is 40.5 Å². The van der Waals surface area contributed by atoms with Crippen LogP contribution in [0.15, 0.2) is 0 Å². The van der Waals surface area contributed by atoms with Gasteiger partial charge in [-0.25, -0.2) is 0 Å². The standard InChI is InChI=1S/C13H27N/c1-5-13(6-2)10-14-8-11(3)7-12(4)9-14/h11-13H,5-10H2,1-4H3/t11-,12-/m1/s1. The van der Waals surface area contributed by atoms with Gasteiger partial charge in [-0.3, -0.25) is 0 Å². The second-order valence-corrected chi connectivity index (χ2v) is 5.35. The zero-order valence-electron chi connectivity index (χ0n) is 10.4. The number of piperidine rings is 1. The topological polar surface area (TPSA) is 3.24 Å². The van der Waals surface area contributed by atoms with E-state index in [0.717, 1.165) is 17.8 Å². The molecule has 0 aromatic heterocycles. The van der Waals surface area contributed by atoms with Crippen molar-refractivity contribution in [1.29, 1.82) is 0 Å². The zero-order valence-corrected chi connectivity index (χ0v) is 10.4. The first-order chi connectivity index (χ1) is 6.65. The second-order valence-electron chi connectivity index (χ2n) is 5.35. The predicted octanol–water partition coefficient (Wildman–Crippen LogP) is 3.40. The van der Waals surface area contributed by atoms with Gasteiger partial charge in [0, 0.05) is 19.6 Å². The molecule has 0 unspecified atom stereocenters. The Morgan fingerprint density at radius 2 is 1.57 bits per heavy atom. The highest BCUT2D eigenvalue weighted by molar-refractivity contribution is 4.76. The van der Waals surface area contributed by atoms with E-state index in [2.05, 4.69) is 32.6 Å². The number of likely N-dealkylation sites (tertiary alicyclic amines) is 1. The number of nitrogens with zero attached hydrogens (tertiary/aromatic N) is 1. The molecule has 0 spiro atoms. The molecule has 1 heteroatoms. The summed E-state index contributed by atoms with van der Waals surface area (Å²) in [5.74, 6) is 2.74. The van der Waals surface area contributed by atoms with Crippen LogP contribution in [0.3, 0.4) is 0 Å². The SMILES string of the molecule is CCC(CC)CN1C[C@H](C)C[C@@H](C)C1. The number of rotatable bonds is 4. The molecule has 1 saturated heterocycles. The first-order valence-corrected chi connectivity index (χ1v) is 6.38. The smallest absolute Gasteiger partial charge is 0.000968 e. The fraction of sp³-hybridized carbons (Fsp3) is 1.00. The lowest BCUT2D eigenvalue weighted by atomic mass is 9.90. The Morgan fingerprint density at radius 1 is 1.07 bits per heavy atom. The maximum absolute atomic E-state index is 2.69. The molecule has 1 aliphatic rings. The molecule has 0 saturated carbocycles. The molecule has 0 aliphatic carbocycles. The Kier molecular flexibility index (Phi) is 4.94. The number of hydrogen-bond acceptors (Lipinski definition) is 1. The number of hydrogen-bond donors (Lipinski definition) is 0. The summed E-state index contributed by atoms with van der Waals surface area (Å²) in [6.45, 7) is 13.4. The molecule has 1 nitrogen and oxygen atoms in total. The Hall–Kier alpha value is -0.0400. The fourth-order valence-corrected chi connectivity index (χ4v) is 2.85. The van der Waals surface area contributed by atoms with Gasteiger partial charge in [-0.05, 0) is 24.2 Å². The van der Waals surface area contributed by atoms with E-state index in [1.165, 1.54) is 38.9 Å². The summed E-state index contributed by atoms with van der Waals surface area (Å²) in [6.07, 6.45) is 4.12. The van der Waals surface area contributed by atoms with Crippen molar-refractivity contribution in [3.8, 4) is 0 Å². The van der Waals surface area contributed by atoms with Gasteiger partial charge in [0.2, 0.25) is 0 Å². The summed E-state index contributed by atoms with van der Waals surface area (Å²) in [4.78, 5) is 2.69. The molecular formula is C13H27N. The van der Waals surface area contributed by atoms with Crippen molar-refractivity contribution in [3.05, 3.63) is 0 Å². The molecule has 0 N–H and O–H groups in total. The van der Waals surface area contributed by atoms with Gasteiger partial charge >= 0.3 is 0 Å². The maximum Gasteiger partial charge on any atom is 0.000968 e. The molecule has 0 amide bonds. The fourth-order valence-electron chi connectivity index (χ4n) is 2.85. The summed E-state index contributed by atoms with van der Waals surface area (Å²) in [7, 11) is 0. The average Bonchev–Trinajstić information content (AvgIpc) is 2.12. The monoisotopic (exact) mass is 197 g/mol. The normalized spacial score (nSPS) is 29.8. The summed E-state index contributed by atoms with van der Waals surface area (Å²) in [5.41, 5.74) is 0. The van der Waals surface area contributed by atoms with Crippen LogP contribution in [0.25, 0.3) is 0 Å². The summed E-state index contributed by atoms with van der Waals surface area (Å²) in [5, 5.41) is 0. The Balaban J connectivity index is 2.35. The van der Waals surface area contributed by atoms with E-state index in [1.54, 1.807) is 0 Å². The Morgan fingerprint density at radius 3 is 2.00 bits per heavy atom. The Labute approximate surface area is 89.9 Å². The predicted molar refractivity (Wildman–Crippen MR) is 63.5 cm³/mol. The summed E-state index contributed by atoms with van der Waals surface area (Å²) >= 11 is 0. The van der Waals surface area contributed by atoms with Gasteiger partial charge in [-0.15, -0.1) is 0 Å². The van der Waals surface area contributed by atoms with Crippen LogP contribution in [-0.4, -0.2) is 24.5 Å². The highest BCUT2D eigenvalue weighted by atomic mass is 15.1. The third-order valence-electron chi connectivity index (χ3n) is 3.62. The van der Waals surface area contributed by atoms with Crippen LogP contribution in [0.2, 0.25) is 0 Å². The van der Waals surface area contributed by atoms with E-state index >= 15 is 0 Å². The minimum absolute atomic E-state index is 0.910. The molecule has 84 valence electrons. The molecular weight excluding hydrogens is 170 g/mol. The van der Waals surface area contributed by atoms with Gasteiger partial charge in [0.1, 0.15) is 0 Å². The minimum Gasteiger partial charge on any atom is -0.303 e. The molecule has 1 rings (SSSR count). The van der Waals surface area contributed by atoms with Crippen LogP contribution < -0.4 is 0 Å². The molecule has 1 heterocycles. The van der Waals surface area contributed by atoms with E-state index in [9.17, 15) is 0 Å². The van der Waals surface area contributed by atoms with Crippen molar-refractivity contribution in [3.63, 3.8) is 0 Å². The van der Waals surface area contributed by atoms with E-state index in [-0.39, 0.29) is 0 Å². The summed E-state index contributed by atoms with van der Waals surface area (Å²) < 4.78 is 0. The molecule has 0 aromatic rings. The lowest BCUT2D eigenvalue weighted by molar-refractivity contribution is 0.119. The Bertz CT molecular complexity index is 141. The van der Waals surface area contributed by atoms with Gasteiger partial charge in [0.25, 0.3) is 0 Å². The third kappa shape index (κ3) is 3.61. The lowest BCUT2D eigenvalue weighted by Crippen LogP contribution is -2.41. The highest BCUT2D eigenvalue weighted by Gasteiger charge is 2.22. The molecule has 2 atom stereocenters. The summed E-state index contributed by atoms with van der Waals surface area (Å²) in [6, 6.07) is 0. The van der Waals surface area contributed by atoms with Crippen LogP contribution in [-0.2, 0) is 0 Å². The van der Waals surface area contributed by atoms with Crippen molar-refractivity contribution in [2.24, 2.45) is 17.8 Å². The molecule has 14 heavy (non-hydrogen) atoms. The second kappa shape index (κ2) is 5.75. The van der Waals surface area contributed by atoms with Crippen molar-refractivity contribution in [2.75, 3.05) is 19.6 Å². The van der Waals surface area contributed by atoms with Gasteiger partial charge in [-0.2, -0.15) is 0 Å². The van der Waals surface area contributed by atoms with E-state index in [4.69, 9.17) is 0 Å². The van der Waals surface area contributed by atoms with Crippen LogP contribution in [0.4, 0.5) is 0 Å². The van der Waals surface area contributed by atoms with Crippen molar-refractivity contribution >= 4 is 0 Å². The van der Waals surface area contributed by atoms with Crippen molar-refractivity contribution in [1.82, 2.24) is 4.90 Å². The first-order valence-electron chi connectivity index (χ1n) is 6.38. The van der Waals surface area contributed by atoms with E-state index < -0.39 is 0 Å². The maximum atomic E-state index is 2.69. The largest absolute Gasteiger partial charge is 0.303 e. The molecule has 0 radical (unpaired) electrons. The molecule has 0 bridgehead atoms. The molecule has 0 aromatic carbocycles. The zero-order chi connectivity index (χ0) is 10.6. The van der Waals surface area contributed by atoms with Crippen LogP contribution in [0.5, 0.6) is 0 Å². The quantitative estimate of drug-likeness (QED) is 0.667. The van der Waals surface area contributed by atoms with Crippen LogP contribution in [0, 0.1) is 17.8 Å². The lowest BCUT2D eigenvalue weighted by Gasteiger charge is -2.36. The molecule has 1 fully saturated rings. The first kappa shape index (κ1) is 12.0. The van der Waals surface area contributed by atoms with Crippen LogP contribution >= 0.6 is 0 Å². The van der Waals surface area contributed by atoms with Gasteiger partial charge < -0.3 is 4.90 Å². The molecule has 1 aliphatic heterocycles. The van der Waals surface area contributed by atoms with Gasteiger partial charge in [0.15, 0.2) is 0 Å². The van der Waals surface area contributed by atoms with E-state index in [0.29, 0.717) is 0 Å². The minimum atomic E-state index is 0.910. The average molecular weight is 197 g/mol. The third-order valence-corrected chi connectivity index (χ3v) is 3.62. The van der Waals surface area contributed by atoms with Crippen molar-refractivity contribution < 1.29 is 0 Å². The van der Waals surface area contributed by atoms with Crippen molar-refractivity contribution in [2.45, 2.75) is 47.0 Å².